The lowest BCUT2D eigenvalue weighted by Crippen LogP contribution is -2.42. The molecule has 0 aromatic rings. The molecule has 1 atom stereocenters. The Kier molecular flexibility index (Phi) is 3.78. The Morgan fingerprint density at radius 1 is 1.38 bits per heavy atom. The first-order valence-electron chi connectivity index (χ1n) is 6.54. The lowest BCUT2D eigenvalue weighted by atomic mass is 9.75. The number of carbonyl (C=O) groups excluding carboxylic acids is 1. The van der Waals surface area contributed by atoms with Crippen molar-refractivity contribution in [3.8, 4) is 0 Å². The highest BCUT2D eigenvalue weighted by molar-refractivity contribution is 6.21. The fourth-order valence-corrected chi connectivity index (χ4v) is 2.92. The molecule has 2 aliphatic carbocycles. The minimum atomic E-state index is -0.127. The monoisotopic (exact) mass is 243 g/mol. The van der Waals surface area contributed by atoms with Crippen molar-refractivity contribution in [1.82, 2.24) is 5.32 Å². The van der Waals surface area contributed by atoms with Gasteiger partial charge in [0.2, 0.25) is 5.91 Å². The predicted octanol–water partition coefficient (Wildman–Crippen LogP) is 3.09. The van der Waals surface area contributed by atoms with Crippen LogP contribution >= 0.6 is 11.6 Å². The zero-order valence-corrected chi connectivity index (χ0v) is 10.9. The third kappa shape index (κ3) is 2.91. The Balaban J connectivity index is 1.77. The molecule has 0 aromatic heterocycles. The van der Waals surface area contributed by atoms with Gasteiger partial charge >= 0.3 is 0 Å². The lowest BCUT2D eigenvalue weighted by Gasteiger charge is -2.32. The van der Waals surface area contributed by atoms with E-state index < -0.39 is 0 Å². The standard InChI is InChI=1S/C13H22ClNO/c1-13(7-3-2-4-8-13)12(16)15-9-11(14)10-5-6-10/h10-11H,2-9H2,1H3,(H,15,16). The molecule has 2 saturated carbocycles. The van der Waals surface area contributed by atoms with Crippen LogP contribution in [-0.2, 0) is 4.79 Å². The average molecular weight is 244 g/mol. The van der Waals surface area contributed by atoms with E-state index in [1.54, 1.807) is 0 Å². The maximum absolute atomic E-state index is 12.1. The number of nitrogens with one attached hydrogen (secondary N) is 1. The van der Waals surface area contributed by atoms with E-state index in [0.29, 0.717) is 12.5 Å². The molecule has 1 N–H and O–H groups in total. The first kappa shape index (κ1) is 12.2. The highest BCUT2D eigenvalue weighted by Gasteiger charge is 2.35. The second-order valence-electron chi connectivity index (χ2n) is 5.68. The minimum Gasteiger partial charge on any atom is -0.354 e. The van der Waals surface area contributed by atoms with Crippen molar-refractivity contribution in [2.24, 2.45) is 11.3 Å². The van der Waals surface area contributed by atoms with Crippen LogP contribution < -0.4 is 5.32 Å². The van der Waals surface area contributed by atoms with E-state index in [1.807, 2.05) is 0 Å². The summed E-state index contributed by atoms with van der Waals surface area (Å²) in [5.74, 6) is 0.875. The zero-order valence-electron chi connectivity index (χ0n) is 10.1. The topological polar surface area (TPSA) is 29.1 Å². The van der Waals surface area contributed by atoms with Gasteiger partial charge in [0.25, 0.3) is 0 Å². The Morgan fingerprint density at radius 2 is 2.00 bits per heavy atom. The van der Waals surface area contributed by atoms with Crippen molar-refractivity contribution in [2.75, 3.05) is 6.54 Å². The molecule has 0 aromatic carbocycles. The summed E-state index contributed by atoms with van der Waals surface area (Å²) in [6.07, 6.45) is 8.21. The largest absolute Gasteiger partial charge is 0.354 e. The molecule has 1 amide bonds. The van der Waals surface area contributed by atoms with Crippen LogP contribution in [0.3, 0.4) is 0 Å². The molecular weight excluding hydrogens is 222 g/mol. The molecule has 0 heterocycles. The summed E-state index contributed by atoms with van der Waals surface area (Å²) in [5, 5.41) is 3.19. The number of rotatable bonds is 4. The summed E-state index contributed by atoms with van der Waals surface area (Å²) in [7, 11) is 0. The van der Waals surface area contributed by atoms with Gasteiger partial charge in [0.1, 0.15) is 0 Å². The van der Waals surface area contributed by atoms with Gasteiger partial charge < -0.3 is 5.32 Å². The Hall–Kier alpha value is -0.240. The molecule has 1 unspecified atom stereocenters. The fourth-order valence-electron chi connectivity index (χ4n) is 2.59. The molecule has 2 nitrogen and oxygen atoms in total. The van der Waals surface area contributed by atoms with Gasteiger partial charge in [-0.3, -0.25) is 4.79 Å². The number of halogens is 1. The van der Waals surface area contributed by atoms with Crippen molar-refractivity contribution < 1.29 is 4.79 Å². The third-order valence-corrected chi connectivity index (χ3v) is 4.61. The van der Waals surface area contributed by atoms with Crippen molar-refractivity contribution in [3.05, 3.63) is 0 Å². The molecule has 16 heavy (non-hydrogen) atoms. The van der Waals surface area contributed by atoms with Gasteiger partial charge in [0.15, 0.2) is 0 Å². The molecule has 0 radical (unpaired) electrons. The SMILES string of the molecule is CC1(C(=O)NCC(Cl)C2CC2)CCCCC1. The Morgan fingerprint density at radius 3 is 2.56 bits per heavy atom. The van der Waals surface area contributed by atoms with Crippen LogP contribution in [0.5, 0.6) is 0 Å². The van der Waals surface area contributed by atoms with E-state index in [-0.39, 0.29) is 16.7 Å². The highest BCUT2D eigenvalue weighted by Crippen LogP contribution is 2.37. The van der Waals surface area contributed by atoms with Crippen LogP contribution in [0.4, 0.5) is 0 Å². The first-order valence-corrected chi connectivity index (χ1v) is 6.98. The Labute approximate surface area is 103 Å². The van der Waals surface area contributed by atoms with E-state index in [4.69, 9.17) is 11.6 Å². The van der Waals surface area contributed by atoms with Gasteiger partial charge in [-0.05, 0) is 31.6 Å². The summed E-state index contributed by atoms with van der Waals surface area (Å²) in [5.41, 5.74) is -0.127. The van der Waals surface area contributed by atoms with Gasteiger partial charge in [-0.1, -0.05) is 26.2 Å². The maximum atomic E-state index is 12.1. The molecule has 2 aliphatic rings. The van der Waals surface area contributed by atoms with Crippen LogP contribution in [0, 0.1) is 11.3 Å². The zero-order chi connectivity index (χ0) is 11.6. The molecule has 0 spiro atoms. The average Bonchev–Trinajstić information content (AvgIpc) is 3.10. The van der Waals surface area contributed by atoms with Crippen LogP contribution in [0.2, 0.25) is 0 Å². The summed E-state index contributed by atoms with van der Waals surface area (Å²) in [6, 6.07) is 0. The molecule has 2 fully saturated rings. The normalized spacial score (nSPS) is 26.1. The molecule has 0 aliphatic heterocycles. The number of hydrogen-bond acceptors (Lipinski definition) is 1. The number of carbonyl (C=O) groups is 1. The summed E-state index contributed by atoms with van der Waals surface area (Å²) >= 11 is 6.19. The quantitative estimate of drug-likeness (QED) is 0.756. The van der Waals surface area contributed by atoms with Crippen molar-refractivity contribution >= 4 is 17.5 Å². The van der Waals surface area contributed by atoms with Gasteiger partial charge in [-0.25, -0.2) is 0 Å². The number of amides is 1. The summed E-state index contributed by atoms with van der Waals surface area (Å²) < 4.78 is 0. The molecule has 3 heteroatoms. The van der Waals surface area contributed by atoms with Crippen LogP contribution in [0.25, 0.3) is 0 Å². The van der Waals surface area contributed by atoms with Gasteiger partial charge in [0, 0.05) is 12.0 Å². The Bertz CT molecular complexity index is 257. The summed E-state index contributed by atoms with van der Waals surface area (Å²) in [4.78, 5) is 12.1. The van der Waals surface area contributed by atoms with Crippen LogP contribution in [-0.4, -0.2) is 17.8 Å². The highest BCUT2D eigenvalue weighted by atomic mass is 35.5. The lowest BCUT2D eigenvalue weighted by molar-refractivity contribution is -0.131. The predicted molar refractivity (Wildman–Crippen MR) is 66.6 cm³/mol. The van der Waals surface area contributed by atoms with Crippen LogP contribution in [0.15, 0.2) is 0 Å². The second kappa shape index (κ2) is 4.95. The first-order chi connectivity index (χ1) is 7.62. The van der Waals surface area contributed by atoms with Crippen molar-refractivity contribution in [2.45, 2.75) is 57.2 Å². The number of hydrogen-bond donors (Lipinski definition) is 1. The molecule has 0 saturated heterocycles. The fraction of sp³-hybridized carbons (Fsp3) is 0.923. The van der Waals surface area contributed by atoms with E-state index in [9.17, 15) is 4.79 Å². The number of alkyl halides is 1. The maximum Gasteiger partial charge on any atom is 0.225 e. The molecular formula is C13H22ClNO. The van der Waals surface area contributed by atoms with E-state index in [0.717, 1.165) is 12.8 Å². The molecule has 2 rings (SSSR count). The van der Waals surface area contributed by atoms with Crippen molar-refractivity contribution in [3.63, 3.8) is 0 Å². The second-order valence-corrected chi connectivity index (χ2v) is 6.25. The van der Waals surface area contributed by atoms with E-state index in [2.05, 4.69) is 12.2 Å². The summed E-state index contributed by atoms with van der Waals surface area (Å²) in [6.45, 7) is 2.75. The smallest absolute Gasteiger partial charge is 0.225 e. The van der Waals surface area contributed by atoms with Crippen molar-refractivity contribution in [1.29, 1.82) is 0 Å². The van der Waals surface area contributed by atoms with Gasteiger partial charge in [0.05, 0.1) is 5.38 Å². The van der Waals surface area contributed by atoms with E-state index >= 15 is 0 Å². The molecule has 0 bridgehead atoms. The molecule has 92 valence electrons. The van der Waals surface area contributed by atoms with Gasteiger partial charge in [-0.15, -0.1) is 11.6 Å². The third-order valence-electron chi connectivity index (χ3n) is 4.10. The minimum absolute atomic E-state index is 0.127. The van der Waals surface area contributed by atoms with Gasteiger partial charge in [-0.2, -0.15) is 0 Å². The van der Waals surface area contributed by atoms with E-state index in [1.165, 1.54) is 32.1 Å². The van der Waals surface area contributed by atoms with Crippen LogP contribution in [0.1, 0.15) is 51.9 Å².